The minimum atomic E-state index is -0.203. The van der Waals surface area contributed by atoms with Crippen LogP contribution < -0.4 is 10.6 Å². The van der Waals surface area contributed by atoms with Crippen molar-refractivity contribution in [3.05, 3.63) is 24.0 Å². The first-order valence-electron chi connectivity index (χ1n) is 7.11. The molecule has 1 saturated heterocycles. The van der Waals surface area contributed by atoms with E-state index in [0.29, 0.717) is 5.69 Å². The van der Waals surface area contributed by atoms with Crippen LogP contribution in [0.4, 0.5) is 5.69 Å². The molecule has 0 saturated carbocycles. The van der Waals surface area contributed by atoms with E-state index in [1.807, 2.05) is 19.1 Å². The normalized spacial score (nSPS) is 17.4. The van der Waals surface area contributed by atoms with Gasteiger partial charge in [-0.25, -0.2) is 0 Å². The molecule has 114 valence electrons. The van der Waals surface area contributed by atoms with E-state index in [1.165, 1.54) is 4.90 Å². The molecule has 6 nitrogen and oxygen atoms in total. The van der Waals surface area contributed by atoms with Gasteiger partial charge in [0, 0.05) is 44.5 Å². The van der Waals surface area contributed by atoms with Gasteiger partial charge in [-0.2, -0.15) is 0 Å². The molecule has 21 heavy (non-hydrogen) atoms. The second-order valence-electron chi connectivity index (χ2n) is 6.06. The zero-order valence-electron chi connectivity index (χ0n) is 12.9. The molecule has 0 radical (unpaired) electrons. The van der Waals surface area contributed by atoms with Crippen molar-refractivity contribution in [2.24, 2.45) is 11.1 Å². The Morgan fingerprint density at radius 2 is 2.05 bits per heavy atom. The van der Waals surface area contributed by atoms with Crippen molar-refractivity contribution in [3.63, 3.8) is 0 Å². The van der Waals surface area contributed by atoms with Crippen molar-refractivity contribution in [1.29, 1.82) is 5.41 Å². The molecule has 2 heterocycles. The second-order valence-corrected chi connectivity index (χ2v) is 6.06. The zero-order chi connectivity index (χ0) is 15.6. The first kappa shape index (κ1) is 15.3. The van der Waals surface area contributed by atoms with Crippen LogP contribution in [0.2, 0.25) is 0 Å². The van der Waals surface area contributed by atoms with Gasteiger partial charge in [-0.05, 0) is 25.0 Å². The summed E-state index contributed by atoms with van der Waals surface area (Å²) in [6.07, 6.45) is 3.37. The van der Waals surface area contributed by atoms with E-state index in [2.05, 4.69) is 9.88 Å². The number of carbonyl (C=O) groups is 1. The minimum absolute atomic E-state index is 0.0950. The summed E-state index contributed by atoms with van der Waals surface area (Å²) < 4.78 is 0. The summed E-state index contributed by atoms with van der Waals surface area (Å²) in [5, 5.41) is 7.69. The van der Waals surface area contributed by atoms with Crippen LogP contribution in [0.1, 0.15) is 30.3 Å². The molecular formula is C15H23N5O. The van der Waals surface area contributed by atoms with E-state index in [-0.39, 0.29) is 17.2 Å². The minimum Gasteiger partial charge on any atom is -0.387 e. The number of carbonyl (C=O) groups excluding carboxylic acids is 1. The number of pyridine rings is 1. The van der Waals surface area contributed by atoms with Gasteiger partial charge in [0.2, 0.25) is 0 Å². The summed E-state index contributed by atoms with van der Waals surface area (Å²) in [5.74, 6) is 0.169. The van der Waals surface area contributed by atoms with Gasteiger partial charge in [0.05, 0.1) is 5.84 Å². The monoisotopic (exact) mass is 289 g/mol. The highest BCUT2D eigenvalue weighted by Crippen LogP contribution is 2.32. The molecule has 1 fully saturated rings. The highest BCUT2D eigenvalue weighted by Gasteiger charge is 2.33. The summed E-state index contributed by atoms with van der Waals surface area (Å²) in [7, 11) is 3.44. The third-order valence-electron chi connectivity index (χ3n) is 4.25. The van der Waals surface area contributed by atoms with Crippen molar-refractivity contribution in [2.75, 3.05) is 32.1 Å². The number of piperidine rings is 1. The standard InChI is InChI=1S/C15H23N5O/c1-15(14(16)17)5-8-20(9-6-15)11-4-7-18-12(10-11)13(21)19(2)3/h4,7,10H,5-6,8-9H2,1-3H3,(H3,16,17). The molecule has 1 amide bonds. The molecule has 0 bridgehead atoms. The summed E-state index contributed by atoms with van der Waals surface area (Å²) in [5.41, 5.74) is 6.94. The number of nitrogens with zero attached hydrogens (tertiary/aromatic N) is 3. The first-order chi connectivity index (χ1) is 9.83. The Kier molecular flexibility index (Phi) is 4.16. The Bertz CT molecular complexity index is 547. The van der Waals surface area contributed by atoms with Crippen molar-refractivity contribution < 1.29 is 4.79 Å². The van der Waals surface area contributed by atoms with Crippen LogP contribution in [0.5, 0.6) is 0 Å². The fraction of sp³-hybridized carbons (Fsp3) is 0.533. The Morgan fingerprint density at radius 3 is 2.57 bits per heavy atom. The predicted octanol–water partition coefficient (Wildman–Crippen LogP) is 1.33. The SMILES string of the molecule is CN(C)C(=O)c1cc(N2CCC(C)(C(=N)N)CC2)ccn1. The van der Waals surface area contributed by atoms with Crippen LogP contribution >= 0.6 is 0 Å². The number of hydrogen-bond acceptors (Lipinski definition) is 4. The number of hydrogen-bond donors (Lipinski definition) is 2. The van der Waals surface area contributed by atoms with Crippen LogP contribution in [0.15, 0.2) is 18.3 Å². The summed E-state index contributed by atoms with van der Waals surface area (Å²) >= 11 is 0. The molecule has 3 N–H and O–H groups in total. The zero-order valence-corrected chi connectivity index (χ0v) is 12.9. The summed E-state index contributed by atoms with van der Waals surface area (Å²) in [6, 6.07) is 3.75. The molecule has 1 aromatic heterocycles. The number of rotatable bonds is 3. The highest BCUT2D eigenvalue weighted by atomic mass is 16.2. The molecular weight excluding hydrogens is 266 g/mol. The topological polar surface area (TPSA) is 86.3 Å². The lowest BCUT2D eigenvalue weighted by Crippen LogP contribution is -2.45. The summed E-state index contributed by atoms with van der Waals surface area (Å²) in [6.45, 7) is 3.70. The van der Waals surface area contributed by atoms with E-state index in [9.17, 15) is 4.79 Å². The van der Waals surface area contributed by atoms with E-state index >= 15 is 0 Å². The lowest BCUT2D eigenvalue weighted by atomic mass is 9.79. The largest absolute Gasteiger partial charge is 0.387 e. The molecule has 1 aliphatic heterocycles. The second kappa shape index (κ2) is 5.71. The summed E-state index contributed by atoms with van der Waals surface area (Å²) in [4.78, 5) is 19.9. The van der Waals surface area contributed by atoms with Crippen LogP contribution in [-0.2, 0) is 0 Å². The van der Waals surface area contributed by atoms with Gasteiger partial charge in [-0.1, -0.05) is 6.92 Å². The first-order valence-corrected chi connectivity index (χ1v) is 7.11. The maximum Gasteiger partial charge on any atom is 0.272 e. The van der Waals surface area contributed by atoms with Gasteiger partial charge in [-0.15, -0.1) is 0 Å². The van der Waals surface area contributed by atoms with E-state index in [0.717, 1.165) is 31.6 Å². The fourth-order valence-electron chi connectivity index (χ4n) is 2.49. The molecule has 1 aliphatic rings. The van der Waals surface area contributed by atoms with Crippen molar-refractivity contribution in [2.45, 2.75) is 19.8 Å². The van der Waals surface area contributed by atoms with E-state index in [1.54, 1.807) is 20.3 Å². The smallest absolute Gasteiger partial charge is 0.272 e. The number of aromatic nitrogens is 1. The van der Waals surface area contributed by atoms with Crippen molar-refractivity contribution in [3.8, 4) is 0 Å². The lowest BCUT2D eigenvalue weighted by Gasteiger charge is -2.39. The van der Waals surface area contributed by atoms with Crippen LogP contribution in [0.25, 0.3) is 0 Å². The third-order valence-corrected chi connectivity index (χ3v) is 4.25. The Balaban J connectivity index is 2.12. The Morgan fingerprint density at radius 1 is 1.43 bits per heavy atom. The number of nitrogens with one attached hydrogen (secondary N) is 1. The number of amides is 1. The third kappa shape index (κ3) is 3.15. The maximum atomic E-state index is 12.0. The molecule has 0 aromatic carbocycles. The van der Waals surface area contributed by atoms with Crippen LogP contribution in [0.3, 0.4) is 0 Å². The Hall–Kier alpha value is -2.11. The van der Waals surface area contributed by atoms with Crippen molar-refractivity contribution in [1.82, 2.24) is 9.88 Å². The Labute approximate surface area is 125 Å². The van der Waals surface area contributed by atoms with Gasteiger partial charge >= 0.3 is 0 Å². The molecule has 0 unspecified atom stereocenters. The lowest BCUT2D eigenvalue weighted by molar-refractivity contribution is 0.0822. The van der Waals surface area contributed by atoms with Gasteiger partial charge in [-0.3, -0.25) is 15.2 Å². The number of nitrogens with two attached hydrogens (primary N) is 1. The molecule has 0 aliphatic carbocycles. The molecule has 0 atom stereocenters. The van der Waals surface area contributed by atoms with Crippen LogP contribution in [-0.4, -0.2) is 48.8 Å². The van der Waals surface area contributed by atoms with Gasteiger partial charge in [0.25, 0.3) is 5.91 Å². The van der Waals surface area contributed by atoms with E-state index in [4.69, 9.17) is 11.1 Å². The van der Waals surface area contributed by atoms with Gasteiger partial charge < -0.3 is 15.5 Å². The fourth-order valence-corrected chi connectivity index (χ4v) is 2.49. The quantitative estimate of drug-likeness (QED) is 0.649. The highest BCUT2D eigenvalue weighted by molar-refractivity contribution is 5.92. The molecule has 1 aromatic rings. The van der Waals surface area contributed by atoms with Gasteiger partial charge in [0.1, 0.15) is 5.69 Å². The maximum absolute atomic E-state index is 12.0. The van der Waals surface area contributed by atoms with E-state index < -0.39 is 0 Å². The average Bonchev–Trinajstić information content (AvgIpc) is 2.47. The molecule has 0 spiro atoms. The molecule has 2 rings (SSSR count). The van der Waals surface area contributed by atoms with Crippen LogP contribution in [0, 0.1) is 10.8 Å². The number of amidine groups is 1. The van der Waals surface area contributed by atoms with Gasteiger partial charge in [0.15, 0.2) is 0 Å². The average molecular weight is 289 g/mol. The predicted molar refractivity (Wildman–Crippen MR) is 83.7 cm³/mol. The van der Waals surface area contributed by atoms with Crippen molar-refractivity contribution >= 4 is 17.4 Å². The molecule has 6 heteroatoms. The number of anilines is 1.